The van der Waals surface area contributed by atoms with E-state index in [-0.39, 0.29) is 25.7 Å². The number of aryl methyl sites for hydroxylation is 1. The molecule has 1 aromatic carbocycles. The number of fused-ring (bicyclic) bond motifs is 1. The molecular weight excluding hydrogens is 462 g/mol. The van der Waals surface area contributed by atoms with Crippen molar-refractivity contribution >= 4 is 17.6 Å². The summed E-state index contributed by atoms with van der Waals surface area (Å²) in [6, 6.07) is 9.50. The molecule has 2 aliphatic rings. The zero-order valence-electron chi connectivity index (χ0n) is 19.9. The Morgan fingerprint density at radius 3 is 2.89 bits per heavy atom. The lowest BCUT2D eigenvalue weighted by Gasteiger charge is -2.30. The van der Waals surface area contributed by atoms with Crippen LogP contribution in [0.3, 0.4) is 0 Å². The number of carbonyl (C=O) groups is 2. The summed E-state index contributed by atoms with van der Waals surface area (Å²) >= 11 is 0. The third kappa shape index (κ3) is 4.93. The fraction of sp³-hybridized carbons (Fsp3) is 0.308. The molecule has 184 valence electrons. The van der Waals surface area contributed by atoms with Gasteiger partial charge in [0.15, 0.2) is 5.60 Å². The minimum absolute atomic E-state index is 0.0363. The van der Waals surface area contributed by atoms with Crippen molar-refractivity contribution in [1.82, 2.24) is 20.1 Å². The van der Waals surface area contributed by atoms with Crippen LogP contribution in [0.15, 0.2) is 48.8 Å². The molecule has 0 aliphatic carbocycles. The van der Waals surface area contributed by atoms with Crippen LogP contribution in [0.1, 0.15) is 22.5 Å². The molecule has 1 fully saturated rings. The average molecular weight is 488 g/mol. The third-order valence-corrected chi connectivity index (χ3v) is 5.95. The fourth-order valence-corrected chi connectivity index (χ4v) is 3.92. The second-order valence-electron chi connectivity index (χ2n) is 8.91. The van der Waals surface area contributed by atoms with E-state index in [0.29, 0.717) is 23.4 Å². The highest BCUT2D eigenvalue weighted by Gasteiger charge is 2.34. The second kappa shape index (κ2) is 9.45. The van der Waals surface area contributed by atoms with Crippen LogP contribution in [-0.2, 0) is 16.0 Å². The number of ether oxygens (including phenoxy) is 2. The van der Waals surface area contributed by atoms with Crippen LogP contribution in [-0.4, -0.2) is 70.3 Å². The van der Waals surface area contributed by atoms with Crippen LogP contribution in [0, 0.1) is 18.8 Å². The van der Waals surface area contributed by atoms with Crippen molar-refractivity contribution in [3.63, 3.8) is 0 Å². The molecule has 1 saturated heterocycles. The standard InChI is InChI=1S/C26H25N5O5/c1-17-4-3-5-20(28-17)10-19-12-27-31(13-19)25(33)29-21-14-36-23-7-6-18(8-9-26(34)15-35-16-26)11-22(23)30(2)24(21)32/h3-7,11-13,21,34H,10,14-16H2,1-2H3,(H,29,33)/t21-/m0/s1. The number of likely N-dealkylation sites (N-methyl/N-ethyl adjacent to an activating group) is 1. The largest absolute Gasteiger partial charge is 0.489 e. The number of aliphatic hydroxyl groups is 1. The van der Waals surface area contributed by atoms with Gasteiger partial charge >= 0.3 is 6.03 Å². The topological polar surface area (TPSA) is 119 Å². The van der Waals surface area contributed by atoms with Crippen LogP contribution in [0.4, 0.5) is 10.5 Å². The van der Waals surface area contributed by atoms with Crippen molar-refractivity contribution < 1.29 is 24.2 Å². The minimum Gasteiger partial charge on any atom is -0.489 e. The van der Waals surface area contributed by atoms with Crippen molar-refractivity contribution in [1.29, 1.82) is 0 Å². The SMILES string of the molecule is Cc1cccc(Cc2cnn(C(=O)N[C@H]3COc4ccc(C#CC5(O)COC5)cc4N(C)C3=O)c2)n1. The minimum atomic E-state index is -1.14. The molecule has 0 radical (unpaired) electrons. The summed E-state index contributed by atoms with van der Waals surface area (Å²) in [4.78, 5) is 31.9. The molecule has 2 N–H and O–H groups in total. The molecule has 0 spiro atoms. The van der Waals surface area contributed by atoms with Gasteiger partial charge in [-0.15, -0.1) is 0 Å². The highest BCUT2D eigenvalue weighted by atomic mass is 16.5. The molecule has 10 heteroatoms. The van der Waals surface area contributed by atoms with E-state index in [1.54, 1.807) is 37.6 Å². The molecule has 10 nitrogen and oxygen atoms in total. The highest BCUT2D eigenvalue weighted by Crippen LogP contribution is 2.31. The molecular formula is C26H25N5O5. The van der Waals surface area contributed by atoms with E-state index in [0.717, 1.165) is 17.0 Å². The van der Waals surface area contributed by atoms with Crippen molar-refractivity contribution in [2.45, 2.75) is 25.0 Å². The Hall–Kier alpha value is -4.20. The maximum atomic E-state index is 13.1. The molecule has 0 bridgehead atoms. The number of anilines is 1. The summed E-state index contributed by atoms with van der Waals surface area (Å²) in [7, 11) is 1.61. The first-order valence-corrected chi connectivity index (χ1v) is 11.4. The molecule has 2 amide bonds. The predicted octanol–water partition coefficient (Wildman–Crippen LogP) is 1.27. The number of hydrogen-bond acceptors (Lipinski definition) is 7. The molecule has 5 rings (SSSR count). The van der Waals surface area contributed by atoms with E-state index in [1.165, 1.54) is 9.58 Å². The van der Waals surface area contributed by atoms with Crippen molar-refractivity contribution in [2.24, 2.45) is 0 Å². The third-order valence-electron chi connectivity index (χ3n) is 5.95. The number of nitrogens with one attached hydrogen (secondary N) is 1. The quantitative estimate of drug-likeness (QED) is 0.534. The summed E-state index contributed by atoms with van der Waals surface area (Å²) < 4.78 is 12.0. The zero-order chi connectivity index (χ0) is 25.3. The van der Waals surface area contributed by atoms with Gasteiger partial charge in [0.2, 0.25) is 0 Å². The summed E-state index contributed by atoms with van der Waals surface area (Å²) in [5.41, 5.74) is 2.62. The summed E-state index contributed by atoms with van der Waals surface area (Å²) in [5.74, 6) is 5.87. The van der Waals surface area contributed by atoms with E-state index in [4.69, 9.17) is 9.47 Å². The molecule has 2 aliphatic heterocycles. The van der Waals surface area contributed by atoms with Gasteiger partial charge in [0.05, 0.1) is 25.1 Å². The van der Waals surface area contributed by atoms with Gasteiger partial charge in [0.25, 0.3) is 5.91 Å². The van der Waals surface area contributed by atoms with Gasteiger partial charge in [-0.25, -0.2) is 4.79 Å². The highest BCUT2D eigenvalue weighted by molar-refractivity contribution is 6.00. The number of rotatable bonds is 3. The van der Waals surface area contributed by atoms with Gasteiger partial charge in [-0.1, -0.05) is 17.9 Å². The molecule has 0 saturated carbocycles. The maximum Gasteiger partial charge on any atom is 0.342 e. The number of hydrogen-bond donors (Lipinski definition) is 2. The van der Waals surface area contributed by atoms with E-state index >= 15 is 0 Å². The van der Waals surface area contributed by atoms with Gasteiger partial charge in [-0.3, -0.25) is 9.78 Å². The summed E-state index contributed by atoms with van der Waals surface area (Å²) in [5, 5.41) is 17.0. The Kier molecular flexibility index (Phi) is 6.18. The first-order valence-electron chi connectivity index (χ1n) is 11.4. The molecule has 4 heterocycles. The predicted molar refractivity (Wildman–Crippen MR) is 130 cm³/mol. The first kappa shape index (κ1) is 23.5. The first-order chi connectivity index (χ1) is 17.3. The second-order valence-corrected chi connectivity index (χ2v) is 8.91. The van der Waals surface area contributed by atoms with Crippen LogP contribution < -0.4 is 15.0 Å². The molecule has 1 atom stereocenters. The number of aromatic nitrogens is 3. The number of nitrogens with zero attached hydrogens (tertiary/aromatic N) is 4. The summed E-state index contributed by atoms with van der Waals surface area (Å²) in [6.07, 6.45) is 3.76. The van der Waals surface area contributed by atoms with E-state index in [1.807, 2.05) is 25.1 Å². The zero-order valence-corrected chi connectivity index (χ0v) is 19.9. The fourth-order valence-electron chi connectivity index (χ4n) is 3.92. The molecule has 2 aromatic heterocycles. The molecule has 3 aromatic rings. The Morgan fingerprint density at radius 1 is 1.31 bits per heavy atom. The van der Waals surface area contributed by atoms with Gasteiger partial charge in [-0.05, 0) is 42.8 Å². The van der Waals surface area contributed by atoms with Crippen LogP contribution in [0.25, 0.3) is 0 Å². The lowest BCUT2D eigenvalue weighted by molar-refractivity contribution is -0.140. The van der Waals surface area contributed by atoms with E-state index in [9.17, 15) is 14.7 Å². The van der Waals surface area contributed by atoms with Crippen molar-refractivity contribution in [3.8, 4) is 17.6 Å². The van der Waals surface area contributed by atoms with E-state index in [2.05, 4.69) is 27.2 Å². The lowest BCUT2D eigenvalue weighted by atomic mass is 10.0. The summed E-state index contributed by atoms with van der Waals surface area (Å²) in [6.45, 7) is 2.23. The van der Waals surface area contributed by atoms with Crippen molar-refractivity contribution in [2.75, 3.05) is 31.8 Å². The van der Waals surface area contributed by atoms with Gasteiger partial charge in [-0.2, -0.15) is 9.78 Å². The van der Waals surface area contributed by atoms with Crippen LogP contribution >= 0.6 is 0 Å². The smallest absolute Gasteiger partial charge is 0.342 e. The Labute approximate surface area is 207 Å². The van der Waals surface area contributed by atoms with E-state index < -0.39 is 17.7 Å². The molecule has 0 unspecified atom stereocenters. The van der Waals surface area contributed by atoms with Gasteiger partial charge < -0.3 is 24.8 Å². The van der Waals surface area contributed by atoms with Gasteiger partial charge in [0.1, 0.15) is 18.4 Å². The monoisotopic (exact) mass is 487 g/mol. The maximum absolute atomic E-state index is 13.1. The Bertz CT molecular complexity index is 1380. The van der Waals surface area contributed by atoms with Crippen LogP contribution in [0.2, 0.25) is 0 Å². The number of carbonyl (C=O) groups excluding carboxylic acids is 2. The normalized spacial score (nSPS) is 18.1. The number of benzene rings is 1. The van der Waals surface area contributed by atoms with Crippen LogP contribution in [0.5, 0.6) is 5.75 Å². The molecule has 36 heavy (non-hydrogen) atoms. The average Bonchev–Trinajstić information content (AvgIpc) is 3.28. The lowest BCUT2D eigenvalue weighted by Crippen LogP contribution is -2.50. The number of amides is 2. The Morgan fingerprint density at radius 2 is 2.14 bits per heavy atom. The number of pyridine rings is 1. The Balaban J connectivity index is 1.26. The van der Waals surface area contributed by atoms with Gasteiger partial charge in [0, 0.05) is 36.6 Å². The van der Waals surface area contributed by atoms with Crippen molar-refractivity contribution in [3.05, 3.63) is 71.3 Å².